The maximum Gasteiger partial charge on any atom is 0.0932 e. The van der Waals surface area contributed by atoms with Gasteiger partial charge in [0.05, 0.1) is 12.7 Å². The second-order valence-corrected chi connectivity index (χ2v) is 6.50. The lowest BCUT2D eigenvalue weighted by molar-refractivity contribution is 0.0332. The summed E-state index contributed by atoms with van der Waals surface area (Å²) in [6, 6.07) is 8.32. The van der Waals surface area contributed by atoms with Crippen molar-refractivity contribution in [2.75, 3.05) is 11.9 Å². The summed E-state index contributed by atoms with van der Waals surface area (Å²) in [5, 5.41) is 0.850. The molecule has 1 nitrogen and oxygen atoms in total. The van der Waals surface area contributed by atoms with E-state index in [4.69, 9.17) is 4.74 Å². The molecule has 100 valence electrons. The number of ether oxygens (including phenoxy) is 1. The predicted octanol–water partition coefficient (Wildman–Crippen LogP) is 5.48. The number of rotatable bonds is 5. The molecular weight excluding hydrogens is 356 g/mol. The van der Waals surface area contributed by atoms with Gasteiger partial charge in [0, 0.05) is 9.80 Å². The molecule has 1 atom stereocenters. The van der Waals surface area contributed by atoms with E-state index in [-0.39, 0.29) is 6.10 Å². The van der Waals surface area contributed by atoms with E-state index in [9.17, 15) is 0 Å². The molecule has 1 saturated carbocycles. The standard InChI is InChI=1S/C15H20Br2O/c16-10-15(13-8-4-5-9-14(13)17)18-11-12-6-2-1-3-7-12/h4-5,8-9,12,15H,1-3,6-7,10-11H2. The molecule has 1 aliphatic carbocycles. The van der Waals surface area contributed by atoms with E-state index in [1.54, 1.807) is 0 Å². The Balaban J connectivity index is 1.91. The van der Waals surface area contributed by atoms with Gasteiger partial charge in [-0.15, -0.1) is 0 Å². The van der Waals surface area contributed by atoms with Crippen LogP contribution in [-0.4, -0.2) is 11.9 Å². The third-order valence-corrected chi connectivity index (χ3v) is 4.96. The Bertz CT molecular complexity index is 361. The molecule has 0 aliphatic heterocycles. The zero-order valence-corrected chi connectivity index (χ0v) is 13.8. The first-order valence-electron chi connectivity index (χ1n) is 6.73. The van der Waals surface area contributed by atoms with Gasteiger partial charge in [0.15, 0.2) is 0 Å². The summed E-state index contributed by atoms with van der Waals surface area (Å²) in [6.07, 6.45) is 6.99. The number of hydrogen-bond acceptors (Lipinski definition) is 1. The fourth-order valence-corrected chi connectivity index (χ4v) is 3.64. The molecular formula is C15H20Br2O. The van der Waals surface area contributed by atoms with E-state index in [2.05, 4.69) is 50.1 Å². The molecule has 0 spiro atoms. The van der Waals surface area contributed by atoms with Crippen molar-refractivity contribution in [2.24, 2.45) is 5.92 Å². The van der Waals surface area contributed by atoms with Gasteiger partial charge in [-0.25, -0.2) is 0 Å². The largest absolute Gasteiger partial charge is 0.372 e. The van der Waals surface area contributed by atoms with Gasteiger partial charge in [-0.2, -0.15) is 0 Å². The number of alkyl halides is 1. The van der Waals surface area contributed by atoms with E-state index in [1.165, 1.54) is 37.7 Å². The topological polar surface area (TPSA) is 9.23 Å². The molecule has 0 bridgehead atoms. The quantitative estimate of drug-likeness (QED) is 0.619. The van der Waals surface area contributed by atoms with Gasteiger partial charge in [-0.1, -0.05) is 69.3 Å². The lowest BCUT2D eigenvalue weighted by atomic mass is 9.90. The van der Waals surface area contributed by atoms with Crippen LogP contribution >= 0.6 is 31.9 Å². The molecule has 2 rings (SSSR count). The van der Waals surface area contributed by atoms with Crippen LogP contribution in [0.5, 0.6) is 0 Å². The molecule has 0 N–H and O–H groups in total. The molecule has 1 aromatic rings. The highest BCUT2D eigenvalue weighted by atomic mass is 79.9. The predicted molar refractivity (Wildman–Crippen MR) is 83.2 cm³/mol. The van der Waals surface area contributed by atoms with E-state index in [0.717, 1.165) is 22.3 Å². The molecule has 0 aromatic heterocycles. The minimum Gasteiger partial charge on any atom is -0.372 e. The van der Waals surface area contributed by atoms with Crippen molar-refractivity contribution in [3.8, 4) is 0 Å². The highest BCUT2D eigenvalue weighted by Crippen LogP contribution is 2.30. The number of hydrogen-bond donors (Lipinski definition) is 0. The summed E-state index contributed by atoms with van der Waals surface area (Å²) in [4.78, 5) is 0. The fraction of sp³-hybridized carbons (Fsp3) is 0.600. The van der Waals surface area contributed by atoms with Crippen molar-refractivity contribution in [2.45, 2.75) is 38.2 Å². The van der Waals surface area contributed by atoms with Crippen LogP contribution in [0.1, 0.15) is 43.8 Å². The average Bonchev–Trinajstić information content (AvgIpc) is 2.42. The summed E-state index contributed by atoms with van der Waals surface area (Å²) in [6.45, 7) is 0.900. The second kappa shape index (κ2) is 7.66. The Morgan fingerprint density at radius 1 is 1.17 bits per heavy atom. The van der Waals surface area contributed by atoms with Crippen LogP contribution in [0.4, 0.5) is 0 Å². The minimum atomic E-state index is 0.155. The SMILES string of the molecule is BrCC(OCC1CCCCC1)c1ccccc1Br. The first-order valence-corrected chi connectivity index (χ1v) is 8.64. The van der Waals surface area contributed by atoms with Crippen LogP contribution < -0.4 is 0 Å². The van der Waals surface area contributed by atoms with Crippen LogP contribution in [0.3, 0.4) is 0 Å². The highest BCUT2D eigenvalue weighted by Gasteiger charge is 2.18. The van der Waals surface area contributed by atoms with Crippen molar-refractivity contribution < 1.29 is 4.74 Å². The lowest BCUT2D eigenvalue weighted by Crippen LogP contribution is -2.17. The molecule has 3 heteroatoms. The maximum atomic E-state index is 6.12. The van der Waals surface area contributed by atoms with Gasteiger partial charge < -0.3 is 4.74 Å². The first-order chi connectivity index (χ1) is 8.81. The van der Waals surface area contributed by atoms with Gasteiger partial charge in [0.25, 0.3) is 0 Å². The second-order valence-electron chi connectivity index (χ2n) is 5.00. The smallest absolute Gasteiger partial charge is 0.0932 e. The third kappa shape index (κ3) is 4.07. The van der Waals surface area contributed by atoms with Gasteiger partial charge in [-0.05, 0) is 30.4 Å². The van der Waals surface area contributed by atoms with Gasteiger partial charge in [-0.3, -0.25) is 0 Å². The van der Waals surface area contributed by atoms with Crippen molar-refractivity contribution in [3.05, 3.63) is 34.3 Å². The molecule has 0 amide bonds. The van der Waals surface area contributed by atoms with Crippen molar-refractivity contribution >= 4 is 31.9 Å². The normalized spacial score (nSPS) is 18.8. The Labute approximate surface area is 127 Å². The average molecular weight is 376 g/mol. The van der Waals surface area contributed by atoms with Crippen molar-refractivity contribution in [1.82, 2.24) is 0 Å². The van der Waals surface area contributed by atoms with E-state index >= 15 is 0 Å². The molecule has 0 saturated heterocycles. The van der Waals surface area contributed by atoms with E-state index in [0.29, 0.717) is 0 Å². The van der Waals surface area contributed by atoms with Gasteiger partial charge in [0.1, 0.15) is 0 Å². The minimum absolute atomic E-state index is 0.155. The molecule has 1 fully saturated rings. The lowest BCUT2D eigenvalue weighted by Gasteiger charge is -2.24. The number of benzene rings is 1. The Kier molecular flexibility index (Phi) is 6.19. The van der Waals surface area contributed by atoms with Gasteiger partial charge in [0.2, 0.25) is 0 Å². The van der Waals surface area contributed by atoms with Crippen LogP contribution in [-0.2, 0) is 4.74 Å². The zero-order chi connectivity index (χ0) is 12.8. The van der Waals surface area contributed by atoms with E-state index in [1.807, 2.05) is 6.07 Å². The van der Waals surface area contributed by atoms with Crippen molar-refractivity contribution in [1.29, 1.82) is 0 Å². The van der Waals surface area contributed by atoms with Gasteiger partial charge >= 0.3 is 0 Å². The van der Waals surface area contributed by atoms with Crippen LogP contribution in [0, 0.1) is 5.92 Å². The monoisotopic (exact) mass is 374 g/mol. The Morgan fingerprint density at radius 2 is 1.89 bits per heavy atom. The summed E-state index contributed by atoms with van der Waals surface area (Å²) in [7, 11) is 0. The molecule has 0 radical (unpaired) electrons. The molecule has 1 aromatic carbocycles. The van der Waals surface area contributed by atoms with Crippen molar-refractivity contribution in [3.63, 3.8) is 0 Å². The molecule has 1 aliphatic rings. The Morgan fingerprint density at radius 3 is 2.56 bits per heavy atom. The Hall–Kier alpha value is 0.140. The molecule has 0 heterocycles. The summed E-state index contributed by atoms with van der Waals surface area (Å²) in [5.41, 5.74) is 1.24. The number of halogens is 2. The van der Waals surface area contributed by atoms with E-state index < -0.39 is 0 Å². The third-order valence-electron chi connectivity index (χ3n) is 3.65. The van der Waals surface area contributed by atoms with Crippen LogP contribution in [0.25, 0.3) is 0 Å². The summed E-state index contributed by atoms with van der Waals surface area (Å²) < 4.78 is 7.26. The maximum absolute atomic E-state index is 6.12. The first kappa shape index (κ1) is 14.5. The summed E-state index contributed by atoms with van der Waals surface area (Å²) >= 11 is 7.17. The van der Waals surface area contributed by atoms with Crippen LogP contribution in [0.15, 0.2) is 28.7 Å². The fourth-order valence-electron chi connectivity index (χ4n) is 2.56. The molecule has 1 unspecified atom stereocenters. The molecule has 18 heavy (non-hydrogen) atoms. The summed E-state index contributed by atoms with van der Waals surface area (Å²) in [5.74, 6) is 0.766. The highest BCUT2D eigenvalue weighted by molar-refractivity contribution is 9.10. The van der Waals surface area contributed by atoms with Crippen LogP contribution in [0.2, 0.25) is 0 Å². The zero-order valence-electron chi connectivity index (χ0n) is 10.6.